The maximum atomic E-state index is 12.4. The van der Waals surface area contributed by atoms with Crippen LogP contribution in [0.25, 0.3) is 0 Å². The fourth-order valence-electron chi connectivity index (χ4n) is 2.96. The number of carbonyl (C=O) groups excluding carboxylic acids is 1. The molecule has 0 saturated heterocycles. The minimum Gasteiger partial charge on any atom is -0.454 e. The van der Waals surface area contributed by atoms with Crippen molar-refractivity contribution in [2.45, 2.75) is 30.4 Å². The van der Waals surface area contributed by atoms with Crippen LogP contribution in [0, 0.1) is 0 Å². The van der Waals surface area contributed by atoms with Crippen LogP contribution in [0.5, 0.6) is 11.5 Å². The van der Waals surface area contributed by atoms with E-state index >= 15 is 0 Å². The van der Waals surface area contributed by atoms with Gasteiger partial charge in [0.05, 0.1) is 5.56 Å². The molecule has 1 aromatic carbocycles. The summed E-state index contributed by atoms with van der Waals surface area (Å²) >= 11 is 1.85. The molecule has 1 saturated carbocycles. The van der Waals surface area contributed by atoms with Gasteiger partial charge in [-0.3, -0.25) is 4.79 Å². The fraction of sp³-hybridized carbons (Fsp3) is 0.533. The molecule has 0 radical (unpaired) electrons. The third kappa shape index (κ3) is 2.77. The number of hydrogen-bond acceptors (Lipinski definition) is 5. The molecule has 1 heterocycles. The van der Waals surface area contributed by atoms with E-state index < -0.39 is 0 Å². The Hall–Kier alpha value is -1.56. The summed E-state index contributed by atoms with van der Waals surface area (Å²) in [5.74, 6) is 1.03. The molecule has 1 aromatic rings. The minimum atomic E-state index is -0.147. The molecule has 5 nitrogen and oxygen atoms in total. The molecule has 0 unspecified atom stereocenters. The Morgan fingerprint density at radius 1 is 1.33 bits per heavy atom. The van der Waals surface area contributed by atoms with E-state index in [-0.39, 0.29) is 17.4 Å². The number of amides is 1. The molecule has 114 valence electrons. The van der Waals surface area contributed by atoms with Crippen molar-refractivity contribution in [2.75, 3.05) is 25.3 Å². The van der Waals surface area contributed by atoms with E-state index in [9.17, 15) is 4.79 Å². The van der Waals surface area contributed by atoms with Gasteiger partial charge in [-0.2, -0.15) is 11.8 Å². The molecular formula is C15H20N2O3S. The predicted molar refractivity (Wildman–Crippen MR) is 84.0 cm³/mol. The Balaban J connectivity index is 1.71. The van der Waals surface area contributed by atoms with E-state index in [0.29, 0.717) is 29.3 Å². The van der Waals surface area contributed by atoms with Crippen LogP contribution in [0.1, 0.15) is 36.0 Å². The quantitative estimate of drug-likeness (QED) is 0.836. The number of fused-ring (bicyclic) bond motifs is 1. The topological polar surface area (TPSA) is 73.6 Å². The molecule has 6 heteroatoms. The van der Waals surface area contributed by atoms with E-state index in [1.54, 1.807) is 12.1 Å². The Morgan fingerprint density at radius 3 is 2.67 bits per heavy atom. The van der Waals surface area contributed by atoms with Gasteiger partial charge in [0.25, 0.3) is 5.91 Å². The van der Waals surface area contributed by atoms with Gasteiger partial charge in [0, 0.05) is 23.0 Å². The minimum absolute atomic E-state index is 0.147. The second-order valence-electron chi connectivity index (χ2n) is 5.57. The lowest BCUT2D eigenvalue weighted by Gasteiger charge is -2.27. The molecule has 0 bridgehead atoms. The number of nitrogens with one attached hydrogen (secondary N) is 1. The predicted octanol–water partition coefficient (Wildman–Crippen LogP) is 2.40. The molecule has 3 rings (SSSR count). The van der Waals surface area contributed by atoms with Gasteiger partial charge in [-0.15, -0.1) is 0 Å². The van der Waals surface area contributed by atoms with E-state index in [1.807, 2.05) is 11.8 Å². The number of nitrogens with two attached hydrogens (primary N) is 1. The molecule has 21 heavy (non-hydrogen) atoms. The monoisotopic (exact) mass is 308 g/mol. The molecular weight excluding hydrogens is 288 g/mol. The molecule has 1 fully saturated rings. The average molecular weight is 308 g/mol. The van der Waals surface area contributed by atoms with Gasteiger partial charge in [-0.25, -0.2) is 0 Å². The smallest absolute Gasteiger partial charge is 0.253 e. The van der Waals surface area contributed by atoms with E-state index in [2.05, 4.69) is 11.6 Å². The number of rotatable bonds is 4. The number of benzene rings is 1. The third-order valence-electron chi connectivity index (χ3n) is 4.31. The maximum Gasteiger partial charge on any atom is 0.253 e. The van der Waals surface area contributed by atoms with Crippen molar-refractivity contribution in [3.63, 3.8) is 0 Å². The van der Waals surface area contributed by atoms with Gasteiger partial charge in [-0.05, 0) is 25.2 Å². The van der Waals surface area contributed by atoms with E-state index in [4.69, 9.17) is 15.2 Å². The standard InChI is InChI=1S/C15H20N2O3S/c1-21-15(4-2-3-5-15)8-17-14(18)10-6-12-13(7-11(10)16)20-9-19-12/h6-7H,2-5,8-9,16H2,1H3,(H,17,18). The fourth-order valence-corrected chi connectivity index (χ4v) is 3.88. The number of carbonyl (C=O) groups is 1. The molecule has 1 aliphatic heterocycles. The van der Waals surface area contributed by atoms with Gasteiger partial charge in [-0.1, -0.05) is 12.8 Å². The molecule has 1 aliphatic carbocycles. The molecule has 2 aliphatic rings. The molecule has 0 atom stereocenters. The zero-order chi connectivity index (χ0) is 14.9. The molecule has 1 amide bonds. The van der Waals surface area contributed by atoms with Crippen molar-refractivity contribution < 1.29 is 14.3 Å². The average Bonchev–Trinajstić information content (AvgIpc) is 3.13. The van der Waals surface area contributed by atoms with Crippen molar-refractivity contribution in [3.8, 4) is 11.5 Å². The highest BCUT2D eigenvalue weighted by atomic mass is 32.2. The summed E-state index contributed by atoms with van der Waals surface area (Å²) < 4.78 is 10.7. The van der Waals surface area contributed by atoms with Gasteiger partial charge >= 0.3 is 0 Å². The lowest BCUT2D eigenvalue weighted by atomic mass is 10.1. The summed E-state index contributed by atoms with van der Waals surface area (Å²) in [5.41, 5.74) is 6.81. The first kappa shape index (κ1) is 14.4. The van der Waals surface area contributed by atoms with Crippen molar-refractivity contribution in [3.05, 3.63) is 17.7 Å². The maximum absolute atomic E-state index is 12.4. The summed E-state index contributed by atoms with van der Waals surface area (Å²) in [6, 6.07) is 3.31. The second-order valence-corrected chi connectivity index (χ2v) is 6.84. The first-order valence-corrected chi connectivity index (χ1v) is 8.38. The highest BCUT2D eigenvalue weighted by Crippen LogP contribution is 2.40. The number of ether oxygens (including phenoxy) is 2. The molecule has 3 N–H and O–H groups in total. The first-order chi connectivity index (χ1) is 10.1. The van der Waals surface area contributed by atoms with Crippen LogP contribution in [0.3, 0.4) is 0 Å². The van der Waals surface area contributed by atoms with Crippen LogP contribution in [0.15, 0.2) is 12.1 Å². The van der Waals surface area contributed by atoms with E-state index in [0.717, 1.165) is 12.8 Å². The number of anilines is 1. The van der Waals surface area contributed by atoms with Gasteiger partial charge in [0.1, 0.15) is 0 Å². The van der Waals surface area contributed by atoms with Crippen LogP contribution in [0.2, 0.25) is 0 Å². The Morgan fingerprint density at radius 2 is 2.00 bits per heavy atom. The normalized spacial score (nSPS) is 18.7. The number of hydrogen-bond donors (Lipinski definition) is 2. The molecule has 0 aromatic heterocycles. The second kappa shape index (κ2) is 5.67. The summed E-state index contributed by atoms with van der Waals surface area (Å²) in [6.45, 7) is 0.857. The highest BCUT2D eigenvalue weighted by Gasteiger charge is 2.33. The summed E-state index contributed by atoms with van der Waals surface area (Å²) in [7, 11) is 0. The summed E-state index contributed by atoms with van der Waals surface area (Å²) in [4.78, 5) is 12.4. The zero-order valence-electron chi connectivity index (χ0n) is 12.1. The van der Waals surface area contributed by atoms with Gasteiger partial charge < -0.3 is 20.5 Å². The van der Waals surface area contributed by atoms with Crippen LogP contribution < -0.4 is 20.5 Å². The van der Waals surface area contributed by atoms with Crippen molar-refractivity contribution in [1.29, 1.82) is 0 Å². The SMILES string of the molecule is CSC1(CNC(=O)c2cc3c(cc2N)OCO3)CCCC1. The summed E-state index contributed by atoms with van der Waals surface area (Å²) in [6.07, 6.45) is 6.91. The molecule has 0 spiro atoms. The van der Waals surface area contributed by atoms with Gasteiger partial charge in [0.15, 0.2) is 11.5 Å². The summed E-state index contributed by atoms with van der Waals surface area (Å²) in [5, 5.41) is 3.03. The highest BCUT2D eigenvalue weighted by molar-refractivity contribution is 8.00. The van der Waals surface area contributed by atoms with Crippen LogP contribution in [-0.2, 0) is 0 Å². The largest absolute Gasteiger partial charge is 0.454 e. The first-order valence-electron chi connectivity index (χ1n) is 7.16. The number of nitrogen functional groups attached to an aromatic ring is 1. The van der Waals surface area contributed by atoms with Crippen molar-refractivity contribution in [2.24, 2.45) is 0 Å². The van der Waals surface area contributed by atoms with Crippen LogP contribution in [-0.4, -0.2) is 30.2 Å². The third-order valence-corrected chi connectivity index (χ3v) is 5.73. The Labute approximate surface area is 128 Å². The van der Waals surface area contributed by atoms with Crippen LogP contribution in [0.4, 0.5) is 5.69 Å². The lowest BCUT2D eigenvalue weighted by Crippen LogP contribution is -2.38. The number of thioether (sulfide) groups is 1. The van der Waals surface area contributed by atoms with Gasteiger partial charge in [0.2, 0.25) is 6.79 Å². The Kier molecular flexibility index (Phi) is 3.89. The van der Waals surface area contributed by atoms with Crippen molar-refractivity contribution in [1.82, 2.24) is 5.32 Å². The van der Waals surface area contributed by atoms with Crippen molar-refractivity contribution >= 4 is 23.4 Å². The lowest BCUT2D eigenvalue weighted by molar-refractivity contribution is 0.0950. The van der Waals surface area contributed by atoms with E-state index in [1.165, 1.54) is 12.8 Å². The van der Waals surface area contributed by atoms with Crippen LogP contribution >= 0.6 is 11.8 Å². The zero-order valence-corrected chi connectivity index (χ0v) is 12.9. The Bertz CT molecular complexity index is 556.